The van der Waals surface area contributed by atoms with E-state index in [0.717, 1.165) is 32.5 Å². The molecule has 1 fully saturated rings. The highest BCUT2D eigenvalue weighted by Crippen LogP contribution is 2.27. The zero-order valence-electron chi connectivity index (χ0n) is 14.9. The van der Waals surface area contributed by atoms with E-state index in [4.69, 9.17) is 11.6 Å². The molecular weight excluding hydrogens is 343 g/mol. The summed E-state index contributed by atoms with van der Waals surface area (Å²) in [6.07, 6.45) is 1.88. The molecule has 2 aromatic rings. The third-order valence-electron chi connectivity index (χ3n) is 4.85. The van der Waals surface area contributed by atoms with Crippen molar-refractivity contribution in [3.63, 3.8) is 0 Å². The summed E-state index contributed by atoms with van der Waals surface area (Å²) in [7, 11) is 1.73. The molecule has 2 heterocycles. The van der Waals surface area contributed by atoms with Crippen molar-refractivity contribution >= 4 is 22.5 Å². The molecule has 1 aliphatic rings. The van der Waals surface area contributed by atoms with Crippen LogP contribution in [0.4, 0.5) is 4.39 Å². The smallest absolute Gasteiger partial charge is 0.261 e. The van der Waals surface area contributed by atoms with Crippen LogP contribution in [-0.2, 0) is 7.05 Å². The van der Waals surface area contributed by atoms with Gasteiger partial charge in [0.15, 0.2) is 0 Å². The number of nitrogens with zero attached hydrogens (tertiary/aromatic N) is 3. The minimum absolute atomic E-state index is 0.0374. The predicted molar refractivity (Wildman–Crippen MR) is 98.6 cm³/mol. The Morgan fingerprint density at radius 3 is 2.92 bits per heavy atom. The van der Waals surface area contributed by atoms with E-state index in [2.05, 4.69) is 29.0 Å². The Hall–Kier alpha value is -1.50. The maximum atomic E-state index is 13.9. The van der Waals surface area contributed by atoms with Crippen molar-refractivity contribution in [3.05, 3.63) is 39.2 Å². The van der Waals surface area contributed by atoms with Gasteiger partial charge in [-0.05, 0) is 19.4 Å². The molecule has 1 aromatic carbocycles. The van der Waals surface area contributed by atoms with Crippen molar-refractivity contribution in [1.29, 1.82) is 0 Å². The molecule has 0 aliphatic carbocycles. The summed E-state index contributed by atoms with van der Waals surface area (Å²) in [5.74, 6) is 0.138. The van der Waals surface area contributed by atoms with E-state index in [0.29, 0.717) is 22.8 Å². The minimum atomic E-state index is -0.552. The van der Waals surface area contributed by atoms with Gasteiger partial charge in [0, 0.05) is 38.8 Å². The van der Waals surface area contributed by atoms with Crippen molar-refractivity contribution in [2.24, 2.45) is 7.05 Å². The van der Waals surface area contributed by atoms with E-state index in [1.165, 1.54) is 12.1 Å². The van der Waals surface area contributed by atoms with Crippen LogP contribution in [0.25, 0.3) is 10.9 Å². The van der Waals surface area contributed by atoms with E-state index >= 15 is 0 Å². The molecule has 136 valence electrons. The second kappa shape index (κ2) is 7.40. The van der Waals surface area contributed by atoms with Crippen LogP contribution in [-0.4, -0.2) is 40.1 Å². The standard InChI is InChI=1S/C18H24ClFN4O/c1-4-5-16(24-7-6-21-11(2)10-24)17-22-15-9-14(20)13(19)8-12(15)18(25)23(17)3/h8-9,11,16,21H,4-7,10H2,1-3H3/t11-,16+/m0/s1. The Morgan fingerprint density at radius 2 is 2.24 bits per heavy atom. The number of benzene rings is 1. The fourth-order valence-corrected chi connectivity index (χ4v) is 3.74. The normalized spacial score (nSPS) is 20.1. The molecule has 0 amide bonds. The minimum Gasteiger partial charge on any atom is -0.312 e. The maximum Gasteiger partial charge on any atom is 0.261 e. The van der Waals surface area contributed by atoms with Gasteiger partial charge in [0.1, 0.15) is 11.6 Å². The molecule has 1 saturated heterocycles. The summed E-state index contributed by atoms with van der Waals surface area (Å²) < 4.78 is 15.5. The van der Waals surface area contributed by atoms with Gasteiger partial charge in [-0.15, -0.1) is 0 Å². The van der Waals surface area contributed by atoms with Crippen LogP contribution < -0.4 is 10.9 Å². The lowest BCUT2D eigenvalue weighted by Gasteiger charge is -2.38. The Balaban J connectivity index is 2.12. The number of nitrogens with one attached hydrogen (secondary N) is 1. The number of halogens is 2. The Morgan fingerprint density at radius 1 is 1.48 bits per heavy atom. The fraction of sp³-hybridized carbons (Fsp3) is 0.556. The number of aromatic nitrogens is 2. The largest absolute Gasteiger partial charge is 0.312 e. The summed E-state index contributed by atoms with van der Waals surface area (Å²) in [6, 6.07) is 3.05. The van der Waals surface area contributed by atoms with Crippen LogP contribution in [0.3, 0.4) is 0 Å². The monoisotopic (exact) mass is 366 g/mol. The SMILES string of the molecule is CCC[C@H](c1nc2cc(F)c(Cl)cc2c(=O)n1C)N1CCN[C@@H](C)C1. The van der Waals surface area contributed by atoms with Gasteiger partial charge in [-0.2, -0.15) is 0 Å². The zero-order chi connectivity index (χ0) is 18.1. The summed E-state index contributed by atoms with van der Waals surface area (Å²) >= 11 is 5.84. The van der Waals surface area contributed by atoms with Crippen LogP contribution in [0.5, 0.6) is 0 Å². The molecule has 1 aliphatic heterocycles. The average Bonchev–Trinajstić information content (AvgIpc) is 2.58. The van der Waals surface area contributed by atoms with Crippen LogP contribution >= 0.6 is 11.6 Å². The van der Waals surface area contributed by atoms with Crippen LogP contribution in [0.1, 0.15) is 38.6 Å². The van der Waals surface area contributed by atoms with Crippen LogP contribution in [0, 0.1) is 5.82 Å². The summed E-state index contributed by atoms with van der Waals surface area (Å²) in [4.78, 5) is 19.8. The van der Waals surface area contributed by atoms with Crippen molar-refractivity contribution < 1.29 is 4.39 Å². The van der Waals surface area contributed by atoms with Gasteiger partial charge >= 0.3 is 0 Å². The number of fused-ring (bicyclic) bond motifs is 1. The Labute approximate surface area is 151 Å². The first kappa shape index (κ1) is 18.3. The van der Waals surface area contributed by atoms with E-state index in [1.54, 1.807) is 11.6 Å². The van der Waals surface area contributed by atoms with Gasteiger partial charge in [-0.3, -0.25) is 14.3 Å². The summed E-state index contributed by atoms with van der Waals surface area (Å²) in [5.41, 5.74) is 0.176. The molecule has 7 heteroatoms. The molecule has 0 spiro atoms. The Bertz CT molecular complexity index is 838. The molecule has 0 bridgehead atoms. The molecule has 0 unspecified atom stereocenters. The fourth-order valence-electron chi connectivity index (χ4n) is 3.57. The maximum absolute atomic E-state index is 13.9. The molecule has 2 atom stereocenters. The van der Waals surface area contributed by atoms with Crippen molar-refractivity contribution in [2.75, 3.05) is 19.6 Å². The van der Waals surface area contributed by atoms with Gasteiger partial charge in [0.2, 0.25) is 0 Å². The third kappa shape index (κ3) is 3.57. The van der Waals surface area contributed by atoms with E-state index in [-0.39, 0.29) is 16.6 Å². The molecule has 3 rings (SSSR count). The van der Waals surface area contributed by atoms with Gasteiger partial charge < -0.3 is 5.32 Å². The number of hydrogen-bond acceptors (Lipinski definition) is 4. The molecule has 1 aromatic heterocycles. The summed E-state index contributed by atoms with van der Waals surface area (Å²) in [6.45, 7) is 6.98. The van der Waals surface area contributed by atoms with Crippen molar-refractivity contribution in [1.82, 2.24) is 19.8 Å². The van der Waals surface area contributed by atoms with E-state index in [9.17, 15) is 9.18 Å². The second-order valence-electron chi connectivity index (χ2n) is 6.77. The average molecular weight is 367 g/mol. The highest BCUT2D eigenvalue weighted by molar-refractivity contribution is 6.31. The predicted octanol–water partition coefficient (Wildman–Crippen LogP) is 2.86. The first-order valence-electron chi connectivity index (χ1n) is 8.75. The van der Waals surface area contributed by atoms with E-state index < -0.39 is 5.82 Å². The van der Waals surface area contributed by atoms with Gasteiger partial charge in [-0.1, -0.05) is 24.9 Å². The highest BCUT2D eigenvalue weighted by Gasteiger charge is 2.28. The van der Waals surface area contributed by atoms with Gasteiger partial charge in [0.25, 0.3) is 5.56 Å². The van der Waals surface area contributed by atoms with Gasteiger partial charge in [-0.25, -0.2) is 9.37 Å². The quantitative estimate of drug-likeness (QED) is 0.904. The first-order chi connectivity index (χ1) is 11.9. The molecule has 25 heavy (non-hydrogen) atoms. The Kier molecular flexibility index (Phi) is 5.41. The lowest BCUT2D eigenvalue weighted by atomic mass is 10.1. The third-order valence-corrected chi connectivity index (χ3v) is 5.14. The van der Waals surface area contributed by atoms with Crippen LogP contribution in [0.15, 0.2) is 16.9 Å². The second-order valence-corrected chi connectivity index (χ2v) is 7.18. The molecule has 5 nitrogen and oxygen atoms in total. The molecule has 0 radical (unpaired) electrons. The lowest BCUT2D eigenvalue weighted by molar-refractivity contribution is 0.132. The number of piperazine rings is 1. The van der Waals surface area contributed by atoms with E-state index in [1.807, 2.05) is 0 Å². The van der Waals surface area contributed by atoms with Crippen molar-refractivity contribution in [3.8, 4) is 0 Å². The van der Waals surface area contributed by atoms with Crippen LogP contribution in [0.2, 0.25) is 5.02 Å². The van der Waals surface area contributed by atoms with Gasteiger partial charge in [0.05, 0.1) is 22.0 Å². The lowest BCUT2D eigenvalue weighted by Crippen LogP contribution is -2.51. The summed E-state index contributed by atoms with van der Waals surface area (Å²) in [5, 5.41) is 3.73. The highest BCUT2D eigenvalue weighted by atomic mass is 35.5. The molecule has 0 saturated carbocycles. The molecular formula is C18H24ClFN4O. The number of hydrogen-bond donors (Lipinski definition) is 1. The number of rotatable bonds is 4. The first-order valence-corrected chi connectivity index (χ1v) is 9.13. The topological polar surface area (TPSA) is 50.2 Å². The molecule has 1 N–H and O–H groups in total. The zero-order valence-corrected chi connectivity index (χ0v) is 15.6. The van der Waals surface area contributed by atoms with Crippen molar-refractivity contribution in [2.45, 2.75) is 38.8 Å².